The zero-order chi connectivity index (χ0) is 22.2. The van der Waals surface area contributed by atoms with Crippen molar-refractivity contribution in [2.75, 3.05) is 6.54 Å². The number of benzene rings is 2. The number of carbonyl (C=O) groups is 2. The van der Waals surface area contributed by atoms with Gasteiger partial charge in [-0.2, -0.15) is 0 Å². The quantitative estimate of drug-likeness (QED) is 0.350. The van der Waals surface area contributed by atoms with Crippen LogP contribution in [0.2, 0.25) is 0 Å². The van der Waals surface area contributed by atoms with Crippen LogP contribution in [0.3, 0.4) is 0 Å². The van der Waals surface area contributed by atoms with Crippen LogP contribution in [0.1, 0.15) is 34.5 Å². The number of amides is 1. The molecule has 5 rings (SSSR count). The Kier molecular flexibility index (Phi) is 5.31. The fraction of sp³-hybridized carbons (Fsp3) is 0.231. The Bertz CT molecular complexity index is 1200. The average molecular weight is 446 g/mol. The molecule has 5 nitrogen and oxygen atoms in total. The molecule has 3 heterocycles. The smallest absolute Gasteiger partial charge is 0.295 e. The second kappa shape index (κ2) is 8.28. The van der Waals surface area contributed by atoms with Gasteiger partial charge in [-0.25, -0.2) is 0 Å². The molecule has 1 aromatic heterocycles. The predicted molar refractivity (Wildman–Crippen MR) is 124 cm³/mol. The molecule has 0 aliphatic carbocycles. The molecule has 32 heavy (non-hydrogen) atoms. The molecular formula is C26H23NO4S. The van der Waals surface area contributed by atoms with Gasteiger partial charge in [0.25, 0.3) is 11.7 Å². The third-order valence-corrected chi connectivity index (χ3v) is 6.93. The molecule has 0 saturated carbocycles. The molecule has 2 atom stereocenters. The van der Waals surface area contributed by atoms with Gasteiger partial charge in [-0.3, -0.25) is 9.59 Å². The first-order valence-corrected chi connectivity index (χ1v) is 11.6. The minimum atomic E-state index is -0.640. The van der Waals surface area contributed by atoms with Crippen molar-refractivity contribution in [1.82, 2.24) is 4.90 Å². The summed E-state index contributed by atoms with van der Waals surface area (Å²) in [6.45, 7) is 2.39. The summed E-state index contributed by atoms with van der Waals surface area (Å²) in [5, 5.41) is 13.1. The molecule has 0 spiro atoms. The van der Waals surface area contributed by atoms with Crippen LogP contribution in [0.4, 0.5) is 0 Å². The van der Waals surface area contributed by atoms with Crippen molar-refractivity contribution in [2.24, 2.45) is 0 Å². The second-order valence-electron chi connectivity index (χ2n) is 8.20. The van der Waals surface area contributed by atoms with E-state index in [9.17, 15) is 14.7 Å². The van der Waals surface area contributed by atoms with E-state index in [1.807, 2.05) is 66.9 Å². The zero-order valence-corrected chi connectivity index (χ0v) is 18.5. The third-order valence-electron chi connectivity index (χ3n) is 6.01. The van der Waals surface area contributed by atoms with Gasteiger partial charge >= 0.3 is 0 Å². The molecule has 162 valence electrons. The number of ketones is 1. The summed E-state index contributed by atoms with van der Waals surface area (Å²) in [6, 6.07) is 18.5. The minimum absolute atomic E-state index is 0.0806. The standard InChI is InChI=1S/C26H23NO4S/c1-16-14-19-15-18(9-10-20(19)31-16)24(28)22-23(21-8-5-13-32-21)27(26(30)25(22)29)12-11-17-6-3-2-4-7-17/h2-10,13,15-16,23,28H,11-12,14H2,1H3/b24-22+/t16-,23+/m0/s1. The van der Waals surface area contributed by atoms with E-state index in [1.165, 1.54) is 11.3 Å². The molecule has 1 saturated heterocycles. The SMILES string of the molecule is C[C@H]1Cc2cc(/C(O)=C3\C(=O)C(=O)N(CCc4ccccc4)[C@@H]3c3cccs3)ccc2O1. The summed E-state index contributed by atoms with van der Waals surface area (Å²) in [7, 11) is 0. The number of thiophene rings is 1. The van der Waals surface area contributed by atoms with E-state index in [2.05, 4.69) is 0 Å². The van der Waals surface area contributed by atoms with Crippen LogP contribution in [0.25, 0.3) is 5.76 Å². The summed E-state index contributed by atoms with van der Waals surface area (Å²) in [5.41, 5.74) is 2.76. The Morgan fingerprint density at radius 1 is 1.12 bits per heavy atom. The van der Waals surface area contributed by atoms with E-state index in [1.54, 1.807) is 11.0 Å². The normalized spacial score (nSPS) is 21.6. The Labute approximate surface area is 190 Å². The number of hydrogen-bond donors (Lipinski definition) is 1. The predicted octanol–water partition coefficient (Wildman–Crippen LogP) is 4.74. The summed E-state index contributed by atoms with van der Waals surface area (Å²) in [5.74, 6) is -0.545. The van der Waals surface area contributed by atoms with Gasteiger partial charge < -0.3 is 14.7 Å². The van der Waals surface area contributed by atoms with Gasteiger partial charge in [0.2, 0.25) is 0 Å². The first kappa shape index (κ1) is 20.5. The highest BCUT2D eigenvalue weighted by Crippen LogP contribution is 2.42. The van der Waals surface area contributed by atoms with Crippen molar-refractivity contribution in [2.45, 2.75) is 31.9 Å². The molecule has 1 N–H and O–H groups in total. The van der Waals surface area contributed by atoms with Crippen molar-refractivity contribution >= 4 is 28.8 Å². The fourth-order valence-corrected chi connectivity index (χ4v) is 5.32. The number of fused-ring (bicyclic) bond motifs is 1. The lowest BCUT2D eigenvalue weighted by molar-refractivity contribution is -0.139. The van der Waals surface area contributed by atoms with Crippen LogP contribution < -0.4 is 4.74 Å². The van der Waals surface area contributed by atoms with Crippen LogP contribution in [-0.4, -0.2) is 34.3 Å². The van der Waals surface area contributed by atoms with Gasteiger partial charge in [0.1, 0.15) is 17.6 Å². The number of nitrogens with zero attached hydrogens (tertiary/aromatic N) is 1. The molecule has 0 radical (unpaired) electrons. The zero-order valence-electron chi connectivity index (χ0n) is 17.7. The van der Waals surface area contributed by atoms with E-state index in [0.29, 0.717) is 18.5 Å². The minimum Gasteiger partial charge on any atom is -0.507 e. The maximum absolute atomic E-state index is 13.1. The Morgan fingerprint density at radius 3 is 2.69 bits per heavy atom. The topological polar surface area (TPSA) is 66.8 Å². The van der Waals surface area contributed by atoms with Crippen molar-refractivity contribution in [3.63, 3.8) is 0 Å². The van der Waals surface area contributed by atoms with Gasteiger partial charge in [0.15, 0.2) is 0 Å². The van der Waals surface area contributed by atoms with Gasteiger partial charge in [0, 0.05) is 23.4 Å². The number of likely N-dealkylation sites (tertiary alicyclic amines) is 1. The number of hydrogen-bond acceptors (Lipinski definition) is 5. The number of carbonyl (C=O) groups excluding carboxylic acids is 2. The lowest BCUT2D eigenvalue weighted by Gasteiger charge is -2.24. The molecule has 0 unspecified atom stereocenters. The van der Waals surface area contributed by atoms with E-state index < -0.39 is 17.7 Å². The second-order valence-corrected chi connectivity index (χ2v) is 9.18. The molecule has 2 aromatic carbocycles. The maximum Gasteiger partial charge on any atom is 0.295 e. The van der Waals surface area contributed by atoms with Crippen LogP contribution in [-0.2, 0) is 22.4 Å². The van der Waals surface area contributed by atoms with E-state index in [0.717, 1.165) is 28.2 Å². The maximum atomic E-state index is 13.1. The highest BCUT2D eigenvalue weighted by Gasteiger charge is 2.46. The number of aliphatic hydroxyl groups excluding tert-OH is 1. The first-order valence-electron chi connectivity index (χ1n) is 10.7. The van der Waals surface area contributed by atoms with Crippen molar-refractivity contribution in [3.05, 3.63) is 93.2 Å². The molecule has 0 bridgehead atoms. The highest BCUT2D eigenvalue weighted by atomic mass is 32.1. The van der Waals surface area contributed by atoms with Crippen LogP contribution in [0, 0.1) is 0 Å². The average Bonchev–Trinajstić information content (AvgIpc) is 3.51. The van der Waals surface area contributed by atoms with Crippen molar-refractivity contribution in [3.8, 4) is 5.75 Å². The van der Waals surface area contributed by atoms with E-state index in [-0.39, 0.29) is 17.4 Å². The molecule has 2 aliphatic heterocycles. The number of aliphatic hydroxyl groups is 1. The van der Waals surface area contributed by atoms with Crippen molar-refractivity contribution < 1.29 is 19.4 Å². The van der Waals surface area contributed by atoms with Gasteiger partial charge in [-0.05, 0) is 54.1 Å². The molecule has 1 amide bonds. The Morgan fingerprint density at radius 2 is 1.94 bits per heavy atom. The van der Waals surface area contributed by atoms with Crippen molar-refractivity contribution in [1.29, 1.82) is 0 Å². The summed E-state index contributed by atoms with van der Waals surface area (Å²) < 4.78 is 5.75. The lowest BCUT2D eigenvalue weighted by Crippen LogP contribution is -2.31. The third kappa shape index (κ3) is 3.60. The lowest BCUT2D eigenvalue weighted by atomic mass is 9.98. The number of ether oxygens (including phenoxy) is 1. The number of rotatable bonds is 5. The van der Waals surface area contributed by atoms with Gasteiger partial charge in [-0.15, -0.1) is 11.3 Å². The fourth-order valence-electron chi connectivity index (χ4n) is 4.47. The van der Waals surface area contributed by atoms with Crippen LogP contribution in [0.5, 0.6) is 5.75 Å². The molecule has 3 aromatic rings. The molecule has 2 aliphatic rings. The van der Waals surface area contributed by atoms with Gasteiger partial charge in [0.05, 0.1) is 11.6 Å². The summed E-state index contributed by atoms with van der Waals surface area (Å²) in [4.78, 5) is 28.6. The van der Waals surface area contributed by atoms with Crippen LogP contribution in [0.15, 0.2) is 71.6 Å². The van der Waals surface area contributed by atoms with E-state index in [4.69, 9.17) is 4.74 Å². The monoisotopic (exact) mass is 445 g/mol. The Balaban J connectivity index is 1.54. The Hall–Kier alpha value is -3.38. The largest absolute Gasteiger partial charge is 0.507 e. The summed E-state index contributed by atoms with van der Waals surface area (Å²) >= 11 is 1.48. The highest BCUT2D eigenvalue weighted by molar-refractivity contribution is 7.10. The number of Topliss-reactive ketones (excluding diaryl/α,β-unsaturated/α-hetero) is 1. The first-order chi connectivity index (χ1) is 15.5. The molecular weight excluding hydrogens is 422 g/mol. The van der Waals surface area contributed by atoms with Crippen LogP contribution >= 0.6 is 11.3 Å². The molecule has 1 fully saturated rings. The summed E-state index contributed by atoms with van der Waals surface area (Å²) in [6.07, 6.45) is 1.46. The van der Waals surface area contributed by atoms with Gasteiger partial charge in [-0.1, -0.05) is 36.4 Å². The molecule has 6 heteroatoms. The van der Waals surface area contributed by atoms with E-state index >= 15 is 0 Å².